The van der Waals surface area contributed by atoms with Gasteiger partial charge in [0.1, 0.15) is 0 Å². The smallest absolute Gasteiger partial charge is 0.0590 e. The minimum atomic E-state index is -0.121. The van der Waals surface area contributed by atoms with E-state index in [-0.39, 0.29) is 9.52 Å². The maximum Gasteiger partial charge on any atom is 0.0590 e. The van der Waals surface area contributed by atoms with E-state index in [1.807, 2.05) is 0 Å². The van der Waals surface area contributed by atoms with Crippen LogP contribution in [0.25, 0.3) is 0 Å². The summed E-state index contributed by atoms with van der Waals surface area (Å²) >= 11 is 0. The van der Waals surface area contributed by atoms with E-state index < -0.39 is 0 Å². The number of hydrogen-bond acceptors (Lipinski definition) is 1. The third-order valence-corrected chi connectivity index (χ3v) is 7.24. The molecule has 2 atom stereocenters. The third-order valence-electron chi connectivity index (χ3n) is 4.70. The average molecular weight is 305 g/mol. The number of unbranched alkanes of at least 4 members (excludes halogenated alkanes) is 3. The van der Waals surface area contributed by atoms with Gasteiger partial charge in [0.2, 0.25) is 0 Å². The van der Waals surface area contributed by atoms with E-state index in [0.717, 1.165) is 12.1 Å². The van der Waals surface area contributed by atoms with Crippen LogP contribution in [0.2, 0.25) is 5.54 Å². The van der Waals surface area contributed by atoms with Gasteiger partial charge in [0, 0.05) is 12.3 Å². The van der Waals surface area contributed by atoms with Crippen LogP contribution >= 0.6 is 0 Å². The molecule has 118 valence electrons. The van der Waals surface area contributed by atoms with E-state index in [0.29, 0.717) is 5.73 Å². The monoisotopic (exact) mass is 304 g/mol. The first kappa shape index (κ1) is 16.8. The van der Waals surface area contributed by atoms with Crippen molar-refractivity contribution < 1.29 is 4.74 Å². The Morgan fingerprint density at radius 3 is 2.71 bits per heavy atom. The summed E-state index contributed by atoms with van der Waals surface area (Å²) in [5.74, 6) is 0. The zero-order chi connectivity index (χ0) is 14.8. The summed E-state index contributed by atoms with van der Waals surface area (Å²) in [5, 5.41) is 0. The number of rotatable bonds is 9. The number of hydrogen-bond donors (Lipinski definition) is 0. The van der Waals surface area contributed by atoms with Crippen LogP contribution in [0, 0.1) is 0 Å². The first-order valence-corrected chi connectivity index (χ1v) is 10.7. The molecular weight excluding hydrogens is 272 g/mol. The van der Waals surface area contributed by atoms with Gasteiger partial charge in [-0.2, -0.15) is 0 Å². The average Bonchev–Trinajstić information content (AvgIpc) is 2.53. The second kappa shape index (κ2) is 10.2. The number of benzene rings is 1. The standard InChI is InChI=1S/C19H32OSi/c1-2-3-4-8-13-18(16-17-11-6-5-7-12-17)21-19-14-9-10-15-20-19/h5-7,11-12,18-19H,2-4,8-10,13-16,21H2,1H3. The first-order chi connectivity index (χ1) is 10.4. The molecule has 0 saturated carbocycles. The predicted molar refractivity (Wildman–Crippen MR) is 94.8 cm³/mol. The van der Waals surface area contributed by atoms with Gasteiger partial charge < -0.3 is 4.74 Å². The highest BCUT2D eigenvalue weighted by Crippen LogP contribution is 2.25. The second-order valence-corrected chi connectivity index (χ2v) is 9.17. The van der Waals surface area contributed by atoms with E-state index in [1.165, 1.54) is 63.4 Å². The molecule has 0 spiro atoms. The van der Waals surface area contributed by atoms with Gasteiger partial charge in [-0.1, -0.05) is 69.4 Å². The molecule has 1 aromatic carbocycles. The summed E-state index contributed by atoms with van der Waals surface area (Å²) in [5.41, 5.74) is 3.13. The Labute approximate surface area is 133 Å². The van der Waals surface area contributed by atoms with E-state index in [2.05, 4.69) is 37.3 Å². The molecule has 1 saturated heterocycles. The molecule has 1 aromatic rings. The molecule has 2 heteroatoms. The Morgan fingerprint density at radius 1 is 1.14 bits per heavy atom. The molecule has 2 unspecified atom stereocenters. The Bertz CT molecular complexity index is 359. The molecule has 1 heterocycles. The predicted octanol–water partition coefficient (Wildman–Crippen LogP) is 4.68. The van der Waals surface area contributed by atoms with Crippen LogP contribution in [0.15, 0.2) is 30.3 Å². The van der Waals surface area contributed by atoms with Gasteiger partial charge in [0.15, 0.2) is 0 Å². The van der Waals surface area contributed by atoms with Crippen molar-refractivity contribution >= 4 is 9.52 Å². The minimum absolute atomic E-state index is 0.121. The van der Waals surface area contributed by atoms with Crippen molar-refractivity contribution in [2.24, 2.45) is 0 Å². The summed E-state index contributed by atoms with van der Waals surface area (Å²) in [7, 11) is -0.121. The molecule has 1 aliphatic rings. The minimum Gasteiger partial charge on any atom is -0.382 e. The number of ether oxygens (including phenoxy) is 1. The van der Waals surface area contributed by atoms with E-state index in [1.54, 1.807) is 0 Å². The van der Waals surface area contributed by atoms with Gasteiger partial charge >= 0.3 is 0 Å². The Balaban J connectivity index is 1.82. The van der Waals surface area contributed by atoms with Crippen LogP contribution in [-0.4, -0.2) is 21.9 Å². The summed E-state index contributed by atoms with van der Waals surface area (Å²) in [6.07, 6.45) is 12.3. The Hall–Kier alpha value is -0.603. The molecule has 0 bridgehead atoms. The lowest BCUT2D eigenvalue weighted by atomic mass is 10.0. The summed E-state index contributed by atoms with van der Waals surface area (Å²) in [6, 6.07) is 11.1. The largest absolute Gasteiger partial charge is 0.382 e. The van der Waals surface area contributed by atoms with Gasteiger partial charge in [0.05, 0.1) is 9.52 Å². The topological polar surface area (TPSA) is 9.23 Å². The summed E-state index contributed by atoms with van der Waals surface area (Å²) < 4.78 is 6.04. The first-order valence-electron chi connectivity index (χ1n) is 9.04. The lowest BCUT2D eigenvalue weighted by Gasteiger charge is -2.26. The van der Waals surface area contributed by atoms with Gasteiger partial charge in [-0.3, -0.25) is 0 Å². The zero-order valence-corrected chi connectivity index (χ0v) is 15.1. The summed E-state index contributed by atoms with van der Waals surface area (Å²) in [4.78, 5) is 0. The third kappa shape index (κ3) is 6.79. The van der Waals surface area contributed by atoms with Crippen LogP contribution < -0.4 is 0 Å². The second-order valence-electron chi connectivity index (χ2n) is 6.63. The Morgan fingerprint density at radius 2 is 2.00 bits per heavy atom. The molecule has 0 aliphatic carbocycles. The van der Waals surface area contributed by atoms with E-state index in [9.17, 15) is 0 Å². The zero-order valence-electron chi connectivity index (χ0n) is 13.7. The van der Waals surface area contributed by atoms with Gasteiger partial charge in [-0.15, -0.1) is 0 Å². The molecule has 0 radical (unpaired) electrons. The molecule has 1 fully saturated rings. The van der Waals surface area contributed by atoms with Crippen molar-refractivity contribution in [3.8, 4) is 0 Å². The van der Waals surface area contributed by atoms with Crippen LogP contribution in [-0.2, 0) is 11.2 Å². The summed E-state index contributed by atoms with van der Waals surface area (Å²) in [6.45, 7) is 3.32. The van der Waals surface area contributed by atoms with E-state index >= 15 is 0 Å². The molecular formula is C19H32OSi. The molecule has 0 N–H and O–H groups in total. The van der Waals surface area contributed by atoms with Crippen molar-refractivity contribution in [2.75, 3.05) is 6.61 Å². The Kier molecular flexibility index (Phi) is 8.12. The fourth-order valence-corrected chi connectivity index (χ4v) is 6.07. The maximum atomic E-state index is 6.04. The molecule has 1 nitrogen and oxygen atoms in total. The molecule has 0 amide bonds. The fraction of sp³-hybridized carbons (Fsp3) is 0.684. The SMILES string of the molecule is CCCCCCC(Cc1ccccc1)[SiH2]C1CCCCO1. The van der Waals surface area contributed by atoms with Crippen LogP contribution in [0.4, 0.5) is 0 Å². The van der Waals surface area contributed by atoms with Gasteiger partial charge in [0.25, 0.3) is 0 Å². The quantitative estimate of drug-likeness (QED) is 0.475. The highest BCUT2D eigenvalue weighted by molar-refractivity contribution is 6.39. The van der Waals surface area contributed by atoms with E-state index in [4.69, 9.17) is 4.74 Å². The van der Waals surface area contributed by atoms with Crippen molar-refractivity contribution in [3.63, 3.8) is 0 Å². The van der Waals surface area contributed by atoms with Gasteiger partial charge in [-0.05, 0) is 36.8 Å². The van der Waals surface area contributed by atoms with Crippen molar-refractivity contribution in [2.45, 2.75) is 76.0 Å². The molecule has 2 rings (SSSR count). The van der Waals surface area contributed by atoms with Crippen LogP contribution in [0.3, 0.4) is 0 Å². The van der Waals surface area contributed by atoms with Crippen molar-refractivity contribution in [1.29, 1.82) is 0 Å². The highest BCUT2D eigenvalue weighted by Gasteiger charge is 2.20. The van der Waals surface area contributed by atoms with Crippen molar-refractivity contribution in [1.82, 2.24) is 0 Å². The molecule has 0 aromatic heterocycles. The fourth-order valence-electron chi connectivity index (χ4n) is 3.48. The molecule has 21 heavy (non-hydrogen) atoms. The highest BCUT2D eigenvalue weighted by atomic mass is 28.2. The van der Waals surface area contributed by atoms with Crippen LogP contribution in [0.1, 0.15) is 63.9 Å². The normalized spacial score (nSPS) is 20.9. The van der Waals surface area contributed by atoms with Crippen molar-refractivity contribution in [3.05, 3.63) is 35.9 Å². The maximum absolute atomic E-state index is 6.04. The van der Waals surface area contributed by atoms with Crippen LogP contribution in [0.5, 0.6) is 0 Å². The molecule has 1 aliphatic heterocycles. The lowest BCUT2D eigenvalue weighted by Crippen LogP contribution is -2.29. The van der Waals surface area contributed by atoms with Gasteiger partial charge in [-0.25, -0.2) is 0 Å². The lowest BCUT2D eigenvalue weighted by molar-refractivity contribution is 0.0641.